The molecule has 206 valence electrons. The first-order valence-corrected chi connectivity index (χ1v) is 14.5. The highest BCUT2D eigenvalue weighted by molar-refractivity contribution is 6.05. The van der Waals surface area contributed by atoms with Crippen LogP contribution in [0.1, 0.15) is 57.8 Å². The molecule has 8 heteroatoms. The SMILES string of the molecule is Cc1ccc(-n2nc(CN3C[C@@H](C)N[C@@H](C)C3)nc2-c2ccc3c(c2)N(C2CCCC2)[C@H](C)C(=O)N3C)cc1. The molecule has 0 bridgehead atoms. The Labute approximate surface area is 232 Å². The third-order valence-electron chi connectivity index (χ3n) is 8.62. The number of carbonyl (C=O) groups excluding carboxylic acids is 1. The van der Waals surface area contributed by atoms with Crippen molar-refractivity contribution in [1.82, 2.24) is 25.0 Å². The van der Waals surface area contributed by atoms with Gasteiger partial charge in [0.25, 0.3) is 0 Å². The van der Waals surface area contributed by atoms with E-state index in [9.17, 15) is 4.79 Å². The summed E-state index contributed by atoms with van der Waals surface area (Å²) in [6.45, 7) is 11.3. The number of nitrogens with one attached hydrogen (secondary N) is 1. The van der Waals surface area contributed by atoms with Crippen LogP contribution in [0.25, 0.3) is 17.1 Å². The number of fused-ring (bicyclic) bond motifs is 1. The van der Waals surface area contributed by atoms with Crippen molar-refractivity contribution in [3.05, 3.63) is 53.9 Å². The summed E-state index contributed by atoms with van der Waals surface area (Å²) in [7, 11) is 1.89. The van der Waals surface area contributed by atoms with Gasteiger partial charge in [0.2, 0.25) is 5.91 Å². The zero-order chi connectivity index (χ0) is 27.3. The fourth-order valence-corrected chi connectivity index (χ4v) is 6.82. The van der Waals surface area contributed by atoms with E-state index in [2.05, 4.69) is 85.3 Å². The molecule has 3 aromatic rings. The highest BCUT2D eigenvalue weighted by Crippen LogP contribution is 2.42. The molecule has 1 aromatic heterocycles. The Kier molecular flexibility index (Phi) is 6.93. The number of aryl methyl sites for hydroxylation is 1. The second-order valence-corrected chi connectivity index (χ2v) is 11.9. The molecule has 1 saturated carbocycles. The molecule has 2 fully saturated rings. The van der Waals surface area contributed by atoms with E-state index in [-0.39, 0.29) is 11.9 Å². The van der Waals surface area contributed by atoms with E-state index in [0.717, 1.165) is 66.8 Å². The predicted molar refractivity (Wildman–Crippen MR) is 156 cm³/mol. The Morgan fingerprint density at radius 2 is 1.64 bits per heavy atom. The normalized spacial score (nSPS) is 24.4. The third-order valence-corrected chi connectivity index (χ3v) is 8.62. The maximum Gasteiger partial charge on any atom is 0.249 e. The largest absolute Gasteiger partial charge is 0.355 e. The molecule has 1 N–H and O–H groups in total. The van der Waals surface area contributed by atoms with Gasteiger partial charge in [0, 0.05) is 43.8 Å². The second-order valence-electron chi connectivity index (χ2n) is 11.9. The van der Waals surface area contributed by atoms with Crippen molar-refractivity contribution in [2.24, 2.45) is 0 Å². The number of benzene rings is 2. The summed E-state index contributed by atoms with van der Waals surface area (Å²) in [4.78, 5) is 24.9. The zero-order valence-electron chi connectivity index (χ0n) is 23.9. The molecule has 6 rings (SSSR count). The summed E-state index contributed by atoms with van der Waals surface area (Å²) in [6.07, 6.45) is 4.72. The van der Waals surface area contributed by atoms with Crippen LogP contribution < -0.4 is 15.1 Å². The average Bonchev–Trinajstić information content (AvgIpc) is 3.58. The Morgan fingerprint density at radius 1 is 0.949 bits per heavy atom. The number of aromatic nitrogens is 3. The molecule has 3 atom stereocenters. The molecule has 0 radical (unpaired) electrons. The van der Waals surface area contributed by atoms with E-state index in [1.165, 1.54) is 18.4 Å². The Morgan fingerprint density at radius 3 is 2.33 bits per heavy atom. The van der Waals surface area contributed by atoms with Gasteiger partial charge in [-0.2, -0.15) is 0 Å². The van der Waals surface area contributed by atoms with E-state index in [4.69, 9.17) is 10.1 Å². The van der Waals surface area contributed by atoms with E-state index in [1.54, 1.807) is 0 Å². The molecule has 2 aromatic carbocycles. The minimum atomic E-state index is -0.178. The zero-order valence-corrected chi connectivity index (χ0v) is 23.9. The summed E-state index contributed by atoms with van der Waals surface area (Å²) in [5, 5.41) is 8.66. The summed E-state index contributed by atoms with van der Waals surface area (Å²) >= 11 is 0. The van der Waals surface area contributed by atoms with Gasteiger partial charge < -0.3 is 15.1 Å². The monoisotopic (exact) mass is 527 g/mol. The number of carbonyl (C=O) groups is 1. The molecular weight excluding hydrogens is 486 g/mol. The van der Waals surface area contributed by atoms with Crippen molar-refractivity contribution < 1.29 is 4.79 Å². The van der Waals surface area contributed by atoms with E-state index >= 15 is 0 Å². The fourth-order valence-electron chi connectivity index (χ4n) is 6.82. The number of amides is 1. The maximum absolute atomic E-state index is 13.2. The smallest absolute Gasteiger partial charge is 0.249 e. The van der Waals surface area contributed by atoms with Gasteiger partial charge in [0.1, 0.15) is 6.04 Å². The van der Waals surface area contributed by atoms with E-state index in [0.29, 0.717) is 18.1 Å². The number of hydrogen-bond acceptors (Lipinski definition) is 6. The predicted octanol–water partition coefficient (Wildman–Crippen LogP) is 4.54. The van der Waals surface area contributed by atoms with Crippen molar-refractivity contribution in [3.8, 4) is 17.1 Å². The van der Waals surface area contributed by atoms with Crippen molar-refractivity contribution in [3.63, 3.8) is 0 Å². The van der Waals surface area contributed by atoms with E-state index < -0.39 is 0 Å². The topological polar surface area (TPSA) is 69.5 Å². The van der Waals surface area contributed by atoms with Crippen LogP contribution in [0, 0.1) is 6.92 Å². The average molecular weight is 528 g/mol. The number of piperazine rings is 1. The minimum absolute atomic E-state index is 0.159. The Bertz CT molecular complexity index is 1330. The Balaban J connectivity index is 1.42. The molecule has 0 unspecified atom stereocenters. The van der Waals surface area contributed by atoms with Crippen molar-refractivity contribution >= 4 is 17.3 Å². The molecule has 1 aliphatic carbocycles. The molecule has 39 heavy (non-hydrogen) atoms. The van der Waals surface area contributed by atoms with Crippen LogP contribution in [0.4, 0.5) is 11.4 Å². The third kappa shape index (κ3) is 4.96. The second kappa shape index (κ2) is 10.4. The lowest BCUT2D eigenvalue weighted by Crippen LogP contribution is -2.54. The summed E-state index contributed by atoms with van der Waals surface area (Å²) in [5.41, 5.74) is 5.33. The molecule has 1 saturated heterocycles. The summed E-state index contributed by atoms with van der Waals surface area (Å²) in [6, 6.07) is 16.0. The van der Waals surface area contributed by atoms with Gasteiger partial charge >= 0.3 is 0 Å². The van der Waals surface area contributed by atoms with Crippen LogP contribution in [0.3, 0.4) is 0 Å². The number of anilines is 2. The lowest BCUT2D eigenvalue weighted by Gasteiger charge is -2.43. The summed E-state index contributed by atoms with van der Waals surface area (Å²) in [5.74, 6) is 1.83. The molecule has 8 nitrogen and oxygen atoms in total. The number of likely N-dealkylation sites (N-methyl/N-ethyl adjacent to an activating group) is 1. The van der Waals surface area contributed by atoms with Gasteiger partial charge in [-0.25, -0.2) is 9.67 Å². The minimum Gasteiger partial charge on any atom is -0.355 e. The molecule has 1 amide bonds. The Hall–Kier alpha value is -3.23. The van der Waals surface area contributed by atoms with Gasteiger partial charge in [-0.15, -0.1) is 5.10 Å². The number of nitrogens with zero attached hydrogens (tertiary/aromatic N) is 6. The van der Waals surface area contributed by atoms with Crippen LogP contribution in [0.15, 0.2) is 42.5 Å². The van der Waals surface area contributed by atoms with Crippen molar-refractivity contribution in [2.75, 3.05) is 29.9 Å². The number of rotatable bonds is 5. The van der Waals surface area contributed by atoms with Crippen molar-refractivity contribution in [2.45, 2.75) is 84.1 Å². The van der Waals surface area contributed by atoms with Crippen LogP contribution in [0.2, 0.25) is 0 Å². The first kappa shape index (κ1) is 26.0. The molecule has 3 heterocycles. The summed E-state index contributed by atoms with van der Waals surface area (Å²) < 4.78 is 1.99. The van der Waals surface area contributed by atoms with Crippen LogP contribution >= 0.6 is 0 Å². The number of hydrogen-bond donors (Lipinski definition) is 1. The van der Waals surface area contributed by atoms with Gasteiger partial charge in [0.05, 0.1) is 23.6 Å². The first-order valence-electron chi connectivity index (χ1n) is 14.5. The lowest BCUT2D eigenvalue weighted by atomic mass is 10.0. The lowest BCUT2D eigenvalue weighted by molar-refractivity contribution is -0.119. The first-order chi connectivity index (χ1) is 18.8. The molecular formula is C31H41N7O. The van der Waals surface area contributed by atoms with Gasteiger partial charge in [-0.05, 0) is 70.9 Å². The van der Waals surface area contributed by atoms with Crippen LogP contribution in [0.5, 0.6) is 0 Å². The quantitative estimate of drug-likeness (QED) is 0.526. The van der Waals surface area contributed by atoms with Gasteiger partial charge in [0.15, 0.2) is 11.6 Å². The van der Waals surface area contributed by atoms with Crippen LogP contribution in [-0.4, -0.2) is 69.9 Å². The highest BCUT2D eigenvalue weighted by Gasteiger charge is 2.38. The molecule has 0 spiro atoms. The molecule has 2 aliphatic heterocycles. The highest BCUT2D eigenvalue weighted by atomic mass is 16.2. The fraction of sp³-hybridized carbons (Fsp3) is 0.516. The van der Waals surface area contributed by atoms with Crippen LogP contribution in [-0.2, 0) is 11.3 Å². The molecule has 3 aliphatic rings. The standard InChI is InChI=1S/C31H41N7O/c1-20-10-13-26(14-11-20)38-30(33-29(34-38)19-36-17-21(2)32-22(3)18-36)24-12-15-27-28(16-24)37(25-8-6-7-9-25)23(4)31(39)35(27)5/h10-16,21-23,25,32H,6-9,17-19H2,1-5H3/t21-,22+,23-/m1/s1. The van der Waals surface area contributed by atoms with Gasteiger partial charge in [-0.1, -0.05) is 30.5 Å². The maximum atomic E-state index is 13.2. The van der Waals surface area contributed by atoms with E-state index in [1.807, 2.05) is 16.6 Å². The van der Waals surface area contributed by atoms with Gasteiger partial charge in [-0.3, -0.25) is 9.69 Å². The van der Waals surface area contributed by atoms with Crippen molar-refractivity contribution in [1.29, 1.82) is 0 Å².